The predicted molar refractivity (Wildman–Crippen MR) is 59.3 cm³/mol. The smallest absolute Gasteiger partial charge is 0.236 e. The number of carbonyl (C=O) groups is 1. The average Bonchev–Trinajstić information content (AvgIpc) is 2.70. The minimum absolute atomic E-state index is 0.0108. The molecule has 1 amide bonds. The monoisotopic (exact) mass is 204 g/mol. The van der Waals surface area contributed by atoms with Crippen LogP contribution in [0.15, 0.2) is 24.3 Å². The van der Waals surface area contributed by atoms with E-state index in [4.69, 9.17) is 5.73 Å². The highest BCUT2D eigenvalue weighted by Crippen LogP contribution is 2.34. The van der Waals surface area contributed by atoms with E-state index in [2.05, 4.69) is 12.1 Å². The van der Waals surface area contributed by atoms with Gasteiger partial charge in [-0.3, -0.25) is 4.79 Å². The molecule has 0 heterocycles. The third kappa shape index (κ3) is 1.75. The molecule has 3 heteroatoms. The molecule has 2 rings (SSSR count). The van der Waals surface area contributed by atoms with Crippen molar-refractivity contribution in [2.75, 3.05) is 13.6 Å². The fourth-order valence-electron chi connectivity index (χ4n) is 2.25. The van der Waals surface area contributed by atoms with Crippen molar-refractivity contribution in [3.8, 4) is 0 Å². The maximum atomic E-state index is 11.5. The van der Waals surface area contributed by atoms with Gasteiger partial charge in [-0.1, -0.05) is 24.3 Å². The highest BCUT2D eigenvalue weighted by molar-refractivity contribution is 5.78. The Morgan fingerprint density at radius 2 is 2.27 bits per heavy atom. The summed E-state index contributed by atoms with van der Waals surface area (Å²) in [6, 6.07) is 8.53. The standard InChI is InChI=1S/C12H16N2O/c1-14(12(15)8-13)11-7-6-9-4-2-3-5-10(9)11/h2-5,11H,6-8,13H2,1H3. The number of nitrogens with two attached hydrogens (primary N) is 1. The van der Waals surface area contributed by atoms with Gasteiger partial charge in [0.2, 0.25) is 5.91 Å². The van der Waals surface area contributed by atoms with Gasteiger partial charge < -0.3 is 10.6 Å². The molecule has 0 aromatic heterocycles. The number of aryl methyl sites for hydroxylation is 1. The van der Waals surface area contributed by atoms with E-state index < -0.39 is 0 Å². The average molecular weight is 204 g/mol. The van der Waals surface area contributed by atoms with E-state index in [-0.39, 0.29) is 18.5 Å². The van der Waals surface area contributed by atoms with E-state index in [1.54, 1.807) is 4.90 Å². The van der Waals surface area contributed by atoms with E-state index in [0.717, 1.165) is 12.8 Å². The lowest BCUT2D eigenvalue weighted by Crippen LogP contribution is -2.34. The highest BCUT2D eigenvalue weighted by Gasteiger charge is 2.27. The quantitative estimate of drug-likeness (QED) is 0.784. The third-order valence-electron chi connectivity index (χ3n) is 3.14. The molecule has 0 fully saturated rings. The van der Waals surface area contributed by atoms with Crippen LogP contribution in [0.1, 0.15) is 23.6 Å². The lowest BCUT2D eigenvalue weighted by Gasteiger charge is -2.24. The molecular formula is C12H16N2O. The van der Waals surface area contributed by atoms with Crippen LogP contribution in [0.4, 0.5) is 0 Å². The minimum atomic E-state index is 0.0108. The molecule has 80 valence electrons. The Morgan fingerprint density at radius 3 is 3.00 bits per heavy atom. The molecule has 1 unspecified atom stereocenters. The number of benzene rings is 1. The Morgan fingerprint density at radius 1 is 1.53 bits per heavy atom. The zero-order chi connectivity index (χ0) is 10.8. The van der Waals surface area contributed by atoms with Crippen molar-refractivity contribution in [3.05, 3.63) is 35.4 Å². The van der Waals surface area contributed by atoms with Gasteiger partial charge in [-0.25, -0.2) is 0 Å². The largest absolute Gasteiger partial charge is 0.338 e. The Balaban J connectivity index is 2.24. The number of nitrogens with zero attached hydrogens (tertiary/aromatic N) is 1. The number of rotatable bonds is 2. The molecule has 0 saturated heterocycles. The van der Waals surface area contributed by atoms with Gasteiger partial charge in [0.05, 0.1) is 12.6 Å². The highest BCUT2D eigenvalue weighted by atomic mass is 16.2. The molecule has 1 aromatic carbocycles. The molecule has 1 aliphatic rings. The second kappa shape index (κ2) is 4.03. The lowest BCUT2D eigenvalue weighted by atomic mass is 10.1. The van der Waals surface area contributed by atoms with Gasteiger partial charge in [0.15, 0.2) is 0 Å². The first-order valence-corrected chi connectivity index (χ1v) is 5.27. The van der Waals surface area contributed by atoms with Gasteiger partial charge in [0, 0.05) is 7.05 Å². The molecule has 3 nitrogen and oxygen atoms in total. The second-order valence-corrected chi connectivity index (χ2v) is 3.96. The van der Waals surface area contributed by atoms with Gasteiger partial charge in [-0.2, -0.15) is 0 Å². The van der Waals surface area contributed by atoms with E-state index in [0.29, 0.717) is 0 Å². The SMILES string of the molecule is CN(C(=O)CN)C1CCc2ccccc21. The van der Waals surface area contributed by atoms with Crippen LogP contribution >= 0.6 is 0 Å². The fraction of sp³-hybridized carbons (Fsp3) is 0.417. The van der Waals surface area contributed by atoms with E-state index in [1.807, 2.05) is 19.2 Å². The molecule has 1 aliphatic carbocycles. The zero-order valence-electron chi connectivity index (χ0n) is 8.94. The number of likely N-dealkylation sites (N-methyl/N-ethyl adjacent to an activating group) is 1. The van der Waals surface area contributed by atoms with E-state index in [9.17, 15) is 4.79 Å². The molecule has 0 radical (unpaired) electrons. The molecule has 1 atom stereocenters. The molecule has 0 spiro atoms. The van der Waals surface area contributed by atoms with Gasteiger partial charge >= 0.3 is 0 Å². The van der Waals surface area contributed by atoms with Gasteiger partial charge in [0.25, 0.3) is 0 Å². The van der Waals surface area contributed by atoms with Crippen molar-refractivity contribution in [2.45, 2.75) is 18.9 Å². The summed E-state index contributed by atoms with van der Waals surface area (Å²) in [6.45, 7) is 0.0924. The van der Waals surface area contributed by atoms with Gasteiger partial charge in [-0.05, 0) is 24.0 Å². The van der Waals surface area contributed by atoms with Gasteiger partial charge in [-0.15, -0.1) is 0 Å². The molecular weight excluding hydrogens is 188 g/mol. The molecule has 0 bridgehead atoms. The zero-order valence-corrected chi connectivity index (χ0v) is 8.94. The molecule has 0 aliphatic heterocycles. The number of fused-ring (bicyclic) bond motifs is 1. The van der Waals surface area contributed by atoms with Crippen LogP contribution < -0.4 is 5.73 Å². The number of hydrogen-bond acceptors (Lipinski definition) is 2. The van der Waals surface area contributed by atoms with Crippen molar-refractivity contribution in [3.63, 3.8) is 0 Å². The number of amides is 1. The maximum Gasteiger partial charge on any atom is 0.236 e. The number of carbonyl (C=O) groups excluding carboxylic acids is 1. The molecule has 1 aromatic rings. The summed E-state index contributed by atoms with van der Waals surface area (Å²) in [6.07, 6.45) is 2.07. The summed E-state index contributed by atoms with van der Waals surface area (Å²) in [5, 5.41) is 0. The van der Waals surface area contributed by atoms with Crippen LogP contribution in [0.25, 0.3) is 0 Å². The first-order valence-electron chi connectivity index (χ1n) is 5.27. The van der Waals surface area contributed by atoms with Crippen molar-refractivity contribution in [1.29, 1.82) is 0 Å². The van der Waals surface area contributed by atoms with Crippen molar-refractivity contribution < 1.29 is 4.79 Å². The summed E-state index contributed by atoms with van der Waals surface area (Å²) in [5.41, 5.74) is 8.01. The Bertz CT molecular complexity index is 376. The minimum Gasteiger partial charge on any atom is -0.338 e. The normalized spacial score (nSPS) is 18.7. The Labute approximate surface area is 89.9 Å². The van der Waals surface area contributed by atoms with Crippen LogP contribution in [-0.2, 0) is 11.2 Å². The first kappa shape index (κ1) is 10.2. The van der Waals surface area contributed by atoms with Crippen LogP contribution in [0.2, 0.25) is 0 Å². The van der Waals surface area contributed by atoms with Gasteiger partial charge in [0.1, 0.15) is 0 Å². The number of hydrogen-bond donors (Lipinski definition) is 1. The van der Waals surface area contributed by atoms with E-state index in [1.165, 1.54) is 11.1 Å². The van der Waals surface area contributed by atoms with Crippen molar-refractivity contribution in [2.24, 2.45) is 5.73 Å². The molecule has 0 saturated carbocycles. The first-order chi connectivity index (χ1) is 7.24. The Kier molecular flexibility index (Phi) is 2.73. The summed E-state index contributed by atoms with van der Waals surface area (Å²) >= 11 is 0. The topological polar surface area (TPSA) is 46.3 Å². The van der Waals surface area contributed by atoms with Crippen LogP contribution in [0.5, 0.6) is 0 Å². The summed E-state index contributed by atoms with van der Waals surface area (Å²) in [5.74, 6) is 0.0108. The Hall–Kier alpha value is -1.35. The van der Waals surface area contributed by atoms with Crippen LogP contribution in [-0.4, -0.2) is 24.4 Å². The van der Waals surface area contributed by atoms with Crippen LogP contribution in [0, 0.1) is 0 Å². The third-order valence-corrected chi connectivity index (χ3v) is 3.14. The molecule has 2 N–H and O–H groups in total. The maximum absolute atomic E-state index is 11.5. The van der Waals surface area contributed by atoms with Crippen molar-refractivity contribution in [1.82, 2.24) is 4.90 Å². The second-order valence-electron chi connectivity index (χ2n) is 3.96. The fourth-order valence-corrected chi connectivity index (χ4v) is 2.25. The van der Waals surface area contributed by atoms with Crippen LogP contribution in [0.3, 0.4) is 0 Å². The summed E-state index contributed by atoms with van der Waals surface area (Å²) in [4.78, 5) is 13.3. The predicted octanol–water partition coefficient (Wildman–Crippen LogP) is 1.09. The molecule has 15 heavy (non-hydrogen) atoms. The van der Waals surface area contributed by atoms with Crippen molar-refractivity contribution >= 4 is 5.91 Å². The summed E-state index contributed by atoms with van der Waals surface area (Å²) < 4.78 is 0. The lowest BCUT2D eigenvalue weighted by molar-refractivity contribution is -0.130. The van der Waals surface area contributed by atoms with E-state index >= 15 is 0 Å². The summed E-state index contributed by atoms with van der Waals surface area (Å²) in [7, 11) is 1.84.